The molecule has 2 aromatic rings. The molecule has 0 saturated heterocycles. The quantitative estimate of drug-likeness (QED) is 0.933. The zero-order valence-corrected chi connectivity index (χ0v) is 10.3. The van der Waals surface area contributed by atoms with E-state index in [1.165, 1.54) is 6.07 Å². The van der Waals surface area contributed by atoms with Gasteiger partial charge in [-0.1, -0.05) is 15.9 Å². The van der Waals surface area contributed by atoms with Gasteiger partial charge in [-0.05, 0) is 31.3 Å². The van der Waals surface area contributed by atoms with Crippen molar-refractivity contribution in [3.63, 3.8) is 0 Å². The van der Waals surface area contributed by atoms with Crippen molar-refractivity contribution in [3.05, 3.63) is 58.2 Å². The van der Waals surface area contributed by atoms with E-state index in [0.717, 1.165) is 10.0 Å². The molecule has 1 aromatic heterocycles. The number of hydrogen-bond acceptors (Lipinski definition) is 2. The molecule has 16 heavy (non-hydrogen) atoms. The average molecular weight is 284 g/mol. The monoisotopic (exact) mass is 283 g/mol. The lowest BCUT2D eigenvalue weighted by molar-refractivity contribution is 0.548. The molecular weight excluding hydrogens is 273 g/mol. The van der Waals surface area contributed by atoms with Crippen LogP contribution in [0, 0.1) is 5.82 Å². The smallest absolute Gasteiger partial charge is 0.128 e. The highest BCUT2D eigenvalue weighted by Gasteiger charge is 2.17. The van der Waals surface area contributed by atoms with Gasteiger partial charge in [0.2, 0.25) is 0 Å². The summed E-state index contributed by atoms with van der Waals surface area (Å²) in [5, 5.41) is 3.07. The van der Waals surface area contributed by atoms with Crippen molar-refractivity contribution in [2.24, 2.45) is 0 Å². The van der Waals surface area contributed by atoms with Crippen LogP contribution in [0.4, 0.5) is 4.39 Å². The molecule has 0 aliphatic carbocycles. The SMILES string of the molecule is CNC(c1ccoc1)c1cc(Br)ccc1F. The molecule has 1 N–H and O–H groups in total. The van der Waals surface area contributed by atoms with Crippen LogP contribution in [0.1, 0.15) is 17.2 Å². The van der Waals surface area contributed by atoms with Gasteiger partial charge >= 0.3 is 0 Å². The fraction of sp³-hybridized carbons (Fsp3) is 0.167. The molecule has 0 bridgehead atoms. The summed E-state index contributed by atoms with van der Waals surface area (Å²) in [5.74, 6) is -0.233. The fourth-order valence-corrected chi connectivity index (χ4v) is 2.06. The highest BCUT2D eigenvalue weighted by atomic mass is 79.9. The molecular formula is C12H11BrFNO. The van der Waals surface area contributed by atoms with Crippen LogP contribution >= 0.6 is 15.9 Å². The van der Waals surface area contributed by atoms with E-state index in [1.54, 1.807) is 31.7 Å². The van der Waals surface area contributed by atoms with Crippen molar-refractivity contribution in [2.75, 3.05) is 7.05 Å². The second-order valence-electron chi connectivity index (χ2n) is 3.44. The van der Waals surface area contributed by atoms with Gasteiger partial charge in [0.1, 0.15) is 5.82 Å². The first-order chi connectivity index (χ1) is 7.72. The second-order valence-corrected chi connectivity index (χ2v) is 4.36. The number of rotatable bonds is 3. The summed E-state index contributed by atoms with van der Waals surface area (Å²) >= 11 is 3.34. The lowest BCUT2D eigenvalue weighted by atomic mass is 10.0. The van der Waals surface area contributed by atoms with Crippen LogP contribution in [0.5, 0.6) is 0 Å². The average Bonchev–Trinajstić information content (AvgIpc) is 2.78. The predicted octanol–water partition coefficient (Wildman–Crippen LogP) is 3.49. The summed E-state index contributed by atoms with van der Waals surface area (Å²) in [7, 11) is 1.79. The summed E-state index contributed by atoms with van der Waals surface area (Å²) in [5.41, 5.74) is 1.50. The molecule has 1 unspecified atom stereocenters. The molecule has 0 spiro atoms. The highest BCUT2D eigenvalue weighted by Crippen LogP contribution is 2.26. The van der Waals surface area contributed by atoms with Crippen LogP contribution in [-0.4, -0.2) is 7.05 Å². The van der Waals surface area contributed by atoms with E-state index >= 15 is 0 Å². The van der Waals surface area contributed by atoms with E-state index in [4.69, 9.17) is 4.42 Å². The van der Waals surface area contributed by atoms with Gasteiger partial charge in [-0.15, -0.1) is 0 Å². The number of benzene rings is 1. The predicted molar refractivity (Wildman–Crippen MR) is 63.7 cm³/mol. The number of halogens is 2. The number of nitrogens with one attached hydrogen (secondary N) is 1. The van der Waals surface area contributed by atoms with Crippen molar-refractivity contribution in [2.45, 2.75) is 6.04 Å². The van der Waals surface area contributed by atoms with Crippen molar-refractivity contribution in [1.29, 1.82) is 0 Å². The van der Waals surface area contributed by atoms with Crippen LogP contribution in [0.15, 0.2) is 45.7 Å². The third kappa shape index (κ3) is 2.18. The Hall–Kier alpha value is -1.13. The molecule has 2 rings (SSSR count). The van der Waals surface area contributed by atoms with Gasteiger partial charge < -0.3 is 9.73 Å². The third-order valence-corrected chi connectivity index (χ3v) is 2.93. The standard InChI is InChI=1S/C12H11BrFNO/c1-15-12(8-4-5-16-7-8)10-6-9(13)2-3-11(10)14/h2-7,12,15H,1H3. The molecule has 0 saturated carbocycles. The van der Waals surface area contributed by atoms with Gasteiger partial charge in [0, 0.05) is 15.6 Å². The summed E-state index contributed by atoms with van der Waals surface area (Å²) < 4.78 is 19.6. The first kappa shape index (κ1) is 11.4. The van der Waals surface area contributed by atoms with E-state index in [9.17, 15) is 4.39 Å². The minimum absolute atomic E-state index is 0.198. The molecule has 1 aromatic carbocycles. The molecule has 0 radical (unpaired) electrons. The Morgan fingerprint density at radius 2 is 2.19 bits per heavy atom. The van der Waals surface area contributed by atoms with Crippen molar-refractivity contribution < 1.29 is 8.81 Å². The molecule has 1 heterocycles. The number of furan rings is 1. The maximum atomic E-state index is 13.7. The Bertz CT molecular complexity index is 470. The van der Waals surface area contributed by atoms with Crippen LogP contribution in [0.25, 0.3) is 0 Å². The van der Waals surface area contributed by atoms with Gasteiger partial charge in [0.25, 0.3) is 0 Å². The normalized spacial score (nSPS) is 12.7. The zero-order chi connectivity index (χ0) is 11.5. The fourth-order valence-electron chi connectivity index (χ4n) is 1.68. The minimum Gasteiger partial charge on any atom is -0.472 e. The van der Waals surface area contributed by atoms with E-state index in [2.05, 4.69) is 21.2 Å². The van der Waals surface area contributed by atoms with Crippen LogP contribution in [0.2, 0.25) is 0 Å². The maximum absolute atomic E-state index is 13.7. The Balaban J connectivity index is 2.44. The molecule has 1 atom stereocenters. The summed E-state index contributed by atoms with van der Waals surface area (Å²) in [6.07, 6.45) is 3.19. The molecule has 0 aliphatic rings. The summed E-state index contributed by atoms with van der Waals surface area (Å²) in [6.45, 7) is 0. The van der Waals surface area contributed by atoms with Gasteiger partial charge in [0.05, 0.1) is 18.6 Å². The van der Waals surface area contributed by atoms with Gasteiger partial charge in [-0.2, -0.15) is 0 Å². The molecule has 0 aliphatic heterocycles. The first-order valence-corrected chi connectivity index (χ1v) is 5.66. The van der Waals surface area contributed by atoms with E-state index in [-0.39, 0.29) is 11.9 Å². The zero-order valence-electron chi connectivity index (χ0n) is 8.71. The van der Waals surface area contributed by atoms with Gasteiger partial charge in [0.15, 0.2) is 0 Å². The lowest BCUT2D eigenvalue weighted by Gasteiger charge is -2.15. The topological polar surface area (TPSA) is 25.2 Å². The molecule has 0 amide bonds. The molecule has 84 valence electrons. The Kier molecular flexibility index (Phi) is 3.41. The second kappa shape index (κ2) is 4.80. The van der Waals surface area contributed by atoms with E-state index in [0.29, 0.717) is 5.56 Å². The maximum Gasteiger partial charge on any atom is 0.128 e. The lowest BCUT2D eigenvalue weighted by Crippen LogP contribution is -2.18. The van der Waals surface area contributed by atoms with Crippen LogP contribution < -0.4 is 5.32 Å². The highest BCUT2D eigenvalue weighted by molar-refractivity contribution is 9.10. The Labute approximate surface area is 102 Å². The van der Waals surface area contributed by atoms with E-state index in [1.807, 2.05) is 6.07 Å². The first-order valence-electron chi connectivity index (χ1n) is 4.86. The van der Waals surface area contributed by atoms with E-state index < -0.39 is 0 Å². The van der Waals surface area contributed by atoms with Crippen molar-refractivity contribution in [3.8, 4) is 0 Å². The van der Waals surface area contributed by atoms with Crippen molar-refractivity contribution in [1.82, 2.24) is 5.32 Å². The molecule has 2 nitrogen and oxygen atoms in total. The third-order valence-electron chi connectivity index (χ3n) is 2.43. The molecule has 0 fully saturated rings. The number of hydrogen-bond donors (Lipinski definition) is 1. The largest absolute Gasteiger partial charge is 0.472 e. The van der Waals surface area contributed by atoms with Crippen LogP contribution in [-0.2, 0) is 0 Å². The van der Waals surface area contributed by atoms with Crippen molar-refractivity contribution >= 4 is 15.9 Å². The Morgan fingerprint density at radius 1 is 1.38 bits per heavy atom. The summed E-state index contributed by atoms with van der Waals surface area (Å²) in [4.78, 5) is 0. The van der Waals surface area contributed by atoms with Gasteiger partial charge in [-0.25, -0.2) is 4.39 Å². The minimum atomic E-state index is -0.233. The van der Waals surface area contributed by atoms with Crippen LogP contribution in [0.3, 0.4) is 0 Å². The Morgan fingerprint density at radius 3 is 2.81 bits per heavy atom. The molecule has 4 heteroatoms. The summed E-state index contributed by atoms with van der Waals surface area (Å²) in [6, 6.07) is 6.52. The van der Waals surface area contributed by atoms with Gasteiger partial charge in [-0.3, -0.25) is 0 Å².